The molecular formula is C21H29N5O. The van der Waals surface area contributed by atoms with E-state index in [0.717, 1.165) is 38.4 Å². The fraction of sp³-hybridized carbons (Fsp3) is 0.619. The van der Waals surface area contributed by atoms with Crippen molar-refractivity contribution in [1.29, 1.82) is 0 Å². The van der Waals surface area contributed by atoms with E-state index in [1.54, 1.807) is 0 Å². The fourth-order valence-electron chi connectivity index (χ4n) is 4.81. The average Bonchev–Trinajstić information content (AvgIpc) is 3.31. The minimum atomic E-state index is 0.278. The first kappa shape index (κ1) is 17.2. The monoisotopic (exact) mass is 367 g/mol. The lowest BCUT2D eigenvalue weighted by Crippen LogP contribution is -2.67. The van der Waals surface area contributed by atoms with E-state index in [2.05, 4.69) is 51.8 Å². The number of hydrogen-bond donors (Lipinski definition) is 1. The Labute approximate surface area is 160 Å². The Morgan fingerprint density at radius 2 is 2.19 bits per heavy atom. The molecule has 1 aromatic heterocycles. The van der Waals surface area contributed by atoms with Gasteiger partial charge in [0, 0.05) is 30.9 Å². The number of hydrogen-bond acceptors (Lipinski definition) is 5. The second-order valence-electron chi connectivity index (χ2n) is 8.48. The van der Waals surface area contributed by atoms with Crippen LogP contribution in [0, 0.1) is 6.92 Å². The Morgan fingerprint density at radius 3 is 2.93 bits per heavy atom. The van der Waals surface area contributed by atoms with Crippen molar-refractivity contribution in [1.82, 2.24) is 20.3 Å². The number of benzene rings is 1. The van der Waals surface area contributed by atoms with Crippen molar-refractivity contribution in [3.63, 3.8) is 0 Å². The van der Waals surface area contributed by atoms with E-state index in [0.29, 0.717) is 5.54 Å². The summed E-state index contributed by atoms with van der Waals surface area (Å²) in [6.45, 7) is 7.28. The van der Waals surface area contributed by atoms with E-state index in [4.69, 9.17) is 4.74 Å². The second kappa shape index (κ2) is 6.91. The van der Waals surface area contributed by atoms with Gasteiger partial charge in [-0.05, 0) is 63.3 Å². The first-order chi connectivity index (χ1) is 13.2. The van der Waals surface area contributed by atoms with E-state index in [1.165, 1.54) is 49.0 Å². The first-order valence-electron chi connectivity index (χ1n) is 10.3. The number of aromatic nitrogens is 3. The summed E-state index contributed by atoms with van der Waals surface area (Å²) in [6.07, 6.45) is 8.51. The zero-order valence-electron chi connectivity index (χ0n) is 16.2. The van der Waals surface area contributed by atoms with Crippen molar-refractivity contribution in [2.24, 2.45) is 0 Å². The Hall–Kier alpha value is -1.92. The van der Waals surface area contributed by atoms with Gasteiger partial charge in [-0.1, -0.05) is 11.3 Å². The van der Waals surface area contributed by atoms with Gasteiger partial charge in [0.2, 0.25) is 0 Å². The third-order valence-corrected chi connectivity index (χ3v) is 6.37. The first-order valence-corrected chi connectivity index (χ1v) is 10.3. The number of anilines is 1. The Bertz CT molecular complexity index is 797. The van der Waals surface area contributed by atoms with Gasteiger partial charge in [0.05, 0.1) is 24.4 Å². The third-order valence-electron chi connectivity index (χ3n) is 6.37. The summed E-state index contributed by atoms with van der Waals surface area (Å²) < 4.78 is 7.76. The molecule has 0 aliphatic carbocycles. The molecule has 1 aromatic carbocycles. The van der Waals surface area contributed by atoms with Crippen molar-refractivity contribution >= 4 is 5.69 Å². The van der Waals surface area contributed by atoms with Crippen molar-refractivity contribution in [2.75, 3.05) is 31.1 Å². The van der Waals surface area contributed by atoms with Crippen LogP contribution >= 0.6 is 0 Å². The lowest BCUT2D eigenvalue weighted by molar-refractivity contribution is 0.00370. The van der Waals surface area contributed by atoms with Crippen LogP contribution in [0.3, 0.4) is 0 Å². The summed E-state index contributed by atoms with van der Waals surface area (Å²) >= 11 is 0. The normalized spacial score (nSPS) is 24.3. The SMILES string of the molecule is Cc1cc(N2CC3(CCCN3)C2)ccc1-c1cn(CC2CCCCO2)nn1. The van der Waals surface area contributed by atoms with Crippen molar-refractivity contribution in [3.05, 3.63) is 30.0 Å². The van der Waals surface area contributed by atoms with Crippen LogP contribution in [-0.2, 0) is 11.3 Å². The van der Waals surface area contributed by atoms with Gasteiger partial charge in [-0.2, -0.15) is 0 Å². The minimum Gasteiger partial charge on any atom is -0.376 e. The number of aryl methyl sites for hydroxylation is 1. The molecule has 0 saturated carbocycles. The summed E-state index contributed by atoms with van der Waals surface area (Å²) in [5.74, 6) is 0. The van der Waals surface area contributed by atoms with Gasteiger partial charge in [0.25, 0.3) is 0 Å². The van der Waals surface area contributed by atoms with Crippen LogP contribution in [0.1, 0.15) is 37.7 Å². The van der Waals surface area contributed by atoms with E-state index in [9.17, 15) is 0 Å². The molecule has 5 rings (SSSR count). The molecule has 1 N–H and O–H groups in total. The fourth-order valence-corrected chi connectivity index (χ4v) is 4.81. The topological polar surface area (TPSA) is 55.2 Å². The molecule has 2 aromatic rings. The molecular weight excluding hydrogens is 338 g/mol. The molecule has 3 aliphatic heterocycles. The highest BCUT2D eigenvalue weighted by Crippen LogP contribution is 2.35. The third kappa shape index (κ3) is 3.36. The van der Waals surface area contributed by atoms with Gasteiger partial charge < -0.3 is 15.0 Å². The van der Waals surface area contributed by atoms with E-state index in [1.807, 2.05) is 4.68 Å². The number of ether oxygens (including phenoxy) is 1. The molecule has 1 unspecified atom stereocenters. The van der Waals surface area contributed by atoms with Crippen molar-refractivity contribution in [2.45, 2.75) is 57.2 Å². The number of rotatable bonds is 4. The molecule has 3 saturated heterocycles. The highest BCUT2D eigenvalue weighted by atomic mass is 16.5. The standard InChI is InChI=1S/C21H29N5O/c1-16-11-17(25-14-21(15-25)8-4-9-22-21)6-7-19(16)20-13-26(24-23-20)12-18-5-2-3-10-27-18/h6-7,11,13,18,22H,2-5,8-10,12,14-15H2,1H3. The maximum absolute atomic E-state index is 5.82. The zero-order valence-corrected chi connectivity index (χ0v) is 16.2. The van der Waals surface area contributed by atoms with Crippen molar-refractivity contribution in [3.8, 4) is 11.3 Å². The molecule has 3 fully saturated rings. The maximum Gasteiger partial charge on any atom is 0.113 e. The van der Waals surface area contributed by atoms with E-state index in [-0.39, 0.29) is 6.10 Å². The van der Waals surface area contributed by atoms with Crippen LogP contribution in [0.2, 0.25) is 0 Å². The zero-order chi connectivity index (χ0) is 18.3. The largest absolute Gasteiger partial charge is 0.376 e. The highest BCUT2D eigenvalue weighted by Gasteiger charge is 2.44. The lowest BCUT2D eigenvalue weighted by atomic mass is 9.87. The van der Waals surface area contributed by atoms with Crippen LogP contribution in [-0.4, -0.2) is 52.9 Å². The Kier molecular flexibility index (Phi) is 4.40. The second-order valence-corrected chi connectivity index (χ2v) is 8.48. The van der Waals surface area contributed by atoms with Gasteiger partial charge >= 0.3 is 0 Å². The molecule has 4 heterocycles. The van der Waals surface area contributed by atoms with E-state index < -0.39 is 0 Å². The van der Waals surface area contributed by atoms with E-state index >= 15 is 0 Å². The summed E-state index contributed by atoms with van der Waals surface area (Å²) in [5, 5.41) is 12.4. The predicted octanol–water partition coefficient (Wildman–Crippen LogP) is 2.76. The molecule has 27 heavy (non-hydrogen) atoms. The highest BCUT2D eigenvalue weighted by molar-refractivity contribution is 5.67. The summed E-state index contributed by atoms with van der Waals surface area (Å²) in [6, 6.07) is 6.72. The van der Waals surface area contributed by atoms with Crippen molar-refractivity contribution < 1.29 is 4.74 Å². The molecule has 6 heteroatoms. The average molecular weight is 367 g/mol. The molecule has 1 spiro atoms. The van der Waals surface area contributed by atoms with Gasteiger partial charge in [-0.3, -0.25) is 0 Å². The molecule has 0 radical (unpaired) electrons. The quantitative estimate of drug-likeness (QED) is 0.901. The van der Waals surface area contributed by atoms with Gasteiger partial charge in [0.15, 0.2) is 0 Å². The minimum absolute atomic E-state index is 0.278. The summed E-state index contributed by atoms with van der Waals surface area (Å²) in [7, 11) is 0. The van der Waals surface area contributed by atoms with Crippen LogP contribution in [0.25, 0.3) is 11.3 Å². The molecule has 0 bridgehead atoms. The van der Waals surface area contributed by atoms with Gasteiger partial charge in [-0.25, -0.2) is 4.68 Å². The summed E-state index contributed by atoms with van der Waals surface area (Å²) in [5.41, 5.74) is 5.08. The molecule has 1 atom stereocenters. The molecule has 6 nitrogen and oxygen atoms in total. The summed E-state index contributed by atoms with van der Waals surface area (Å²) in [4.78, 5) is 2.48. The van der Waals surface area contributed by atoms with Crippen LogP contribution < -0.4 is 10.2 Å². The Balaban J connectivity index is 1.27. The Morgan fingerprint density at radius 1 is 1.26 bits per heavy atom. The van der Waals surface area contributed by atoms with Crippen LogP contribution in [0.4, 0.5) is 5.69 Å². The number of nitrogens with zero attached hydrogens (tertiary/aromatic N) is 4. The van der Waals surface area contributed by atoms with Gasteiger partial charge in [0.1, 0.15) is 5.69 Å². The molecule has 144 valence electrons. The lowest BCUT2D eigenvalue weighted by Gasteiger charge is -2.49. The molecule has 3 aliphatic rings. The predicted molar refractivity (Wildman–Crippen MR) is 106 cm³/mol. The van der Waals surface area contributed by atoms with Crippen LogP contribution in [0.15, 0.2) is 24.4 Å². The molecule has 0 amide bonds. The number of nitrogens with one attached hydrogen (secondary N) is 1. The van der Waals surface area contributed by atoms with Crippen LogP contribution in [0.5, 0.6) is 0 Å². The maximum atomic E-state index is 5.82. The smallest absolute Gasteiger partial charge is 0.113 e. The van der Waals surface area contributed by atoms with Gasteiger partial charge in [-0.15, -0.1) is 5.10 Å².